The van der Waals surface area contributed by atoms with Crippen LogP contribution in [0.2, 0.25) is 0 Å². The fourth-order valence-electron chi connectivity index (χ4n) is 2.52. The molecule has 2 rings (SSSR count). The van der Waals surface area contributed by atoms with Crippen LogP contribution in [0.1, 0.15) is 32.3 Å². The molecule has 1 aliphatic carbocycles. The number of nitrogens with one attached hydrogen (secondary N) is 1. The van der Waals surface area contributed by atoms with Gasteiger partial charge in [-0.15, -0.1) is 0 Å². The van der Waals surface area contributed by atoms with Gasteiger partial charge in [-0.05, 0) is 38.4 Å². The molecule has 112 valence electrons. The molecule has 1 N–H and O–H groups in total. The minimum absolute atomic E-state index is 0.00598. The molecular weight excluding hydrogens is 257 g/mol. The first-order valence-electron chi connectivity index (χ1n) is 7.44. The Labute approximate surface area is 120 Å². The summed E-state index contributed by atoms with van der Waals surface area (Å²) in [4.78, 5) is 0. The SMILES string of the molecule is CCCNC1CC(Oc2cccc(C)c2F)C1OCC. The third-order valence-electron chi connectivity index (χ3n) is 3.70. The van der Waals surface area contributed by atoms with Crippen LogP contribution in [0.3, 0.4) is 0 Å². The Kier molecular flexibility index (Phi) is 5.38. The minimum Gasteiger partial charge on any atom is -0.485 e. The molecule has 1 aliphatic rings. The highest BCUT2D eigenvalue weighted by Gasteiger charge is 2.43. The number of aryl methyl sites for hydroxylation is 1. The molecule has 3 nitrogen and oxygen atoms in total. The third kappa shape index (κ3) is 3.30. The maximum absolute atomic E-state index is 14.0. The summed E-state index contributed by atoms with van der Waals surface area (Å²) in [5.74, 6) is 0.0568. The number of ether oxygens (including phenoxy) is 2. The molecule has 0 amide bonds. The molecule has 1 fully saturated rings. The van der Waals surface area contributed by atoms with Crippen molar-refractivity contribution in [2.24, 2.45) is 0 Å². The van der Waals surface area contributed by atoms with Gasteiger partial charge < -0.3 is 14.8 Å². The first-order valence-corrected chi connectivity index (χ1v) is 7.44. The summed E-state index contributed by atoms with van der Waals surface area (Å²) in [5.41, 5.74) is 0.607. The van der Waals surface area contributed by atoms with Gasteiger partial charge in [0.15, 0.2) is 11.6 Å². The van der Waals surface area contributed by atoms with E-state index in [1.807, 2.05) is 13.0 Å². The number of rotatable bonds is 7. The van der Waals surface area contributed by atoms with Crippen LogP contribution in [0.5, 0.6) is 5.75 Å². The van der Waals surface area contributed by atoms with E-state index < -0.39 is 0 Å². The Hall–Kier alpha value is -1.13. The predicted molar refractivity (Wildman–Crippen MR) is 77.7 cm³/mol. The molecule has 1 aromatic carbocycles. The van der Waals surface area contributed by atoms with Gasteiger partial charge in [-0.3, -0.25) is 0 Å². The van der Waals surface area contributed by atoms with E-state index in [4.69, 9.17) is 9.47 Å². The second-order valence-corrected chi connectivity index (χ2v) is 5.26. The van der Waals surface area contributed by atoms with Crippen molar-refractivity contribution in [2.75, 3.05) is 13.2 Å². The van der Waals surface area contributed by atoms with Gasteiger partial charge in [0.1, 0.15) is 12.2 Å². The Morgan fingerprint density at radius 2 is 2.15 bits per heavy atom. The lowest BCUT2D eigenvalue weighted by Gasteiger charge is -2.44. The zero-order valence-electron chi connectivity index (χ0n) is 12.5. The zero-order valence-corrected chi connectivity index (χ0v) is 12.5. The van der Waals surface area contributed by atoms with E-state index in [0.29, 0.717) is 24.0 Å². The highest BCUT2D eigenvalue weighted by Crippen LogP contribution is 2.31. The van der Waals surface area contributed by atoms with Gasteiger partial charge in [0.2, 0.25) is 0 Å². The second kappa shape index (κ2) is 7.04. The molecular formula is C16H24FNO2. The van der Waals surface area contributed by atoms with Crippen molar-refractivity contribution in [2.45, 2.75) is 51.9 Å². The first-order chi connectivity index (χ1) is 9.67. The predicted octanol–water partition coefficient (Wildman–Crippen LogP) is 3.06. The van der Waals surface area contributed by atoms with E-state index in [9.17, 15) is 4.39 Å². The van der Waals surface area contributed by atoms with Crippen LogP contribution in [0.25, 0.3) is 0 Å². The van der Waals surface area contributed by atoms with Crippen LogP contribution in [0.15, 0.2) is 18.2 Å². The minimum atomic E-state index is -0.271. The number of benzene rings is 1. The quantitative estimate of drug-likeness (QED) is 0.833. The molecule has 0 spiro atoms. The smallest absolute Gasteiger partial charge is 0.167 e. The zero-order chi connectivity index (χ0) is 14.5. The normalized spacial score (nSPS) is 25.3. The first kappa shape index (κ1) is 15.3. The molecule has 3 atom stereocenters. The summed E-state index contributed by atoms with van der Waals surface area (Å²) in [6, 6.07) is 5.55. The summed E-state index contributed by atoms with van der Waals surface area (Å²) in [6.45, 7) is 7.47. The second-order valence-electron chi connectivity index (χ2n) is 5.26. The molecule has 4 heteroatoms. The molecule has 1 aromatic rings. The van der Waals surface area contributed by atoms with Gasteiger partial charge in [-0.1, -0.05) is 19.1 Å². The Bertz CT molecular complexity index is 438. The van der Waals surface area contributed by atoms with Crippen molar-refractivity contribution in [3.63, 3.8) is 0 Å². The third-order valence-corrected chi connectivity index (χ3v) is 3.70. The fraction of sp³-hybridized carbons (Fsp3) is 0.625. The lowest BCUT2D eigenvalue weighted by molar-refractivity contribution is -0.105. The largest absolute Gasteiger partial charge is 0.485 e. The monoisotopic (exact) mass is 281 g/mol. The number of halogens is 1. The van der Waals surface area contributed by atoms with Gasteiger partial charge >= 0.3 is 0 Å². The maximum Gasteiger partial charge on any atom is 0.167 e. The van der Waals surface area contributed by atoms with E-state index in [2.05, 4.69) is 12.2 Å². The van der Waals surface area contributed by atoms with Gasteiger partial charge in [0, 0.05) is 19.1 Å². The van der Waals surface area contributed by atoms with Crippen molar-refractivity contribution in [1.82, 2.24) is 5.32 Å². The van der Waals surface area contributed by atoms with Gasteiger partial charge in [0.05, 0.1) is 0 Å². The molecule has 0 aliphatic heterocycles. The van der Waals surface area contributed by atoms with Crippen molar-refractivity contribution < 1.29 is 13.9 Å². The summed E-state index contributed by atoms with van der Waals surface area (Å²) in [7, 11) is 0. The van der Waals surface area contributed by atoms with Crippen molar-refractivity contribution in [1.29, 1.82) is 0 Å². The Balaban J connectivity index is 1.97. The van der Waals surface area contributed by atoms with E-state index in [-0.39, 0.29) is 18.0 Å². The van der Waals surface area contributed by atoms with E-state index in [0.717, 1.165) is 19.4 Å². The van der Waals surface area contributed by atoms with Crippen molar-refractivity contribution in [3.05, 3.63) is 29.6 Å². The summed E-state index contributed by atoms with van der Waals surface area (Å²) < 4.78 is 25.5. The topological polar surface area (TPSA) is 30.5 Å². The number of hydrogen-bond acceptors (Lipinski definition) is 3. The van der Waals surface area contributed by atoms with E-state index in [1.165, 1.54) is 0 Å². The molecule has 1 saturated carbocycles. The van der Waals surface area contributed by atoms with Crippen LogP contribution < -0.4 is 10.1 Å². The van der Waals surface area contributed by atoms with E-state index in [1.54, 1.807) is 19.1 Å². The van der Waals surface area contributed by atoms with Crippen LogP contribution >= 0.6 is 0 Å². The standard InChI is InChI=1S/C16H24FNO2/c1-4-9-18-12-10-14(16(12)19-5-2)20-13-8-6-7-11(3)15(13)17/h6-8,12,14,16,18H,4-5,9-10H2,1-3H3. The molecule has 0 bridgehead atoms. The van der Waals surface area contributed by atoms with Crippen LogP contribution in [-0.4, -0.2) is 31.4 Å². The van der Waals surface area contributed by atoms with Crippen molar-refractivity contribution in [3.8, 4) is 5.75 Å². The molecule has 20 heavy (non-hydrogen) atoms. The average Bonchev–Trinajstić information content (AvgIpc) is 2.43. The number of hydrogen-bond donors (Lipinski definition) is 1. The lowest BCUT2D eigenvalue weighted by atomic mass is 9.85. The summed E-state index contributed by atoms with van der Waals surface area (Å²) in [6.07, 6.45) is 1.89. The maximum atomic E-state index is 14.0. The van der Waals surface area contributed by atoms with Gasteiger partial charge in [-0.2, -0.15) is 0 Å². The summed E-state index contributed by atoms with van der Waals surface area (Å²) in [5, 5.41) is 3.45. The molecule has 0 radical (unpaired) electrons. The van der Waals surface area contributed by atoms with E-state index >= 15 is 0 Å². The van der Waals surface area contributed by atoms with Crippen LogP contribution in [0, 0.1) is 12.7 Å². The molecule has 0 aromatic heterocycles. The Morgan fingerprint density at radius 1 is 1.35 bits per heavy atom. The lowest BCUT2D eigenvalue weighted by Crippen LogP contribution is -2.61. The molecule has 3 unspecified atom stereocenters. The highest BCUT2D eigenvalue weighted by atomic mass is 19.1. The van der Waals surface area contributed by atoms with Crippen LogP contribution in [0.4, 0.5) is 4.39 Å². The highest BCUT2D eigenvalue weighted by molar-refractivity contribution is 5.30. The molecule has 0 saturated heterocycles. The fourth-order valence-corrected chi connectivity index (χ4v) is 2.52. The Morgan fingerprint density at radius 3 is 2.85 bits per heavy atom. The average molecular weight is 281 g/mol. The van der Waals surface area contributed by atoms with Gasteiger partial charge in [-0.25, -0.2) is 4.39 Å². The van der Waals surface area contributed by atoms with Crippen molar-refractivity contribution >= 4 is 0 Å². The molecule has 0 heterocycles. The van der Waals surface area contributed by atoms with Crippen LogP contribution in [-0.2, 0) is 4.74 Å². The van der Waals surface area contributed by atoms with Gasteiger partial charge in [0.25, 0.3) is 0 Å². The summed E-state index contributed by atoms with van der Waals surface area (Å²) >= 11 is 0.